The third kappa shape index (κ3) is 14.2. The summed E-state index contributed by atoms with van der Waals surface area (Å²) in [6, 6.07) is 0. The highest BCUT2D eigenvalue weighted by Crippen LogP contribution is 2.48. The third-order valence-corrected chi connectivity index (χ3v) is 9.50. The number of aliphatic hydroxyl groups is 1. The summed E-state index contributed by atoms with van der Waals surface area (Å²) in [6.45, 7) is 13.8. The highest BCUT2D eigenvalue weighted by Gasteiger charge is 2.71. The number of esters is 4. The molecule has 0 radical (unpaired) electrons. The van der Waals surface area contributed by atoms with E-state index in [2.05, 4.69) is 4.74 Å². The molecule has 0 bridgehead atoms. The Morgan fingerprint density at radius 1 is 0.655 bits per heavy atom. The van der Waals surface area contributed by atoms with Crippen LogP contribution >= 0.6 is 0 Å². The zero-order valence-electron chi connectivity index (χ0n) is 32.3. The Balaban J connectivity index is 6.89. The number of halogens is 12. The maximum Gasteiger partial charge on any atom is 0.434 e. The third-order valence-electron chi connectivity index (χ3n) is 9.50. The van der Waals surface area contributed by atoms with E-state index in [0.717, 1.165) is 13.8 Å². The van der Waals surface area contributed by atoms with Gasteiger partial charge in [0.1, 0.15) is 11.7 Å². The number of hydrogen-bond donors (Lipinski definition) is 1. The van der Waals surface area contributed by atoms with Crippen molar-refractivity contribution in [1.29, 1.82) is 0 Å². The summed E-state index contributed by atoms with van der Waals surface area (Å²) < 4.78 is 178. The molecule has 1 N–H and O–H groups in total. The zero-order chi connectivity index (χ0) is 44.2. The van der Waals surface area contributed by atoms with Gasteiger partial charge in [0.05, 0.1) is 16.7 Å². The summed E-state index contributed by atoms with van der Waals surface area (Å²) in [5.74, 6) is -8.29. The minimum Gasteiger partial charge on any atom is -0.462 e. The van der Waals surface area contributed by atoms with Crippen molar-refractivity contribution < 1.29 is 95.9 Å². The fourth-order valence-electron chi connectivity index (χ4n) is 5.19. The van der Waals surface area contributed by atoms with Gasteiger partial charge in [0.2, 0.25) is 0 Å². The monoisotopic (exact) mass is 830 g/mol. The maximum atomic E-state index is 13.7. The fourth-order valence-corrected chi connectivity index (χ4v) is 5.19. The van der Waals surface area contributed by atoms with Gasteiger partial charge in [-0.15, -0.1) is 0 Å². The predicted molar refractivity (Wildman–Crippen MR) is 168 cm³/mol. The number of alkyl halides is 12. The standard InChI is InChI=1S/C34H50F12O9/c1-12-28(10,25(50)53-20(13-18(2)3)15-30(51,33(41,42)43)34(44,45)46)17-29(11,14-19(4)22(48)55-27(8,9)26(5,6)7)24(49)52-16-21(47)54-23(31(35,36)37)32(38,39)40/h18-20,23,51H,12-17H2,1-11H3. The van der Waals surface area contributed by atoms with Crippen molar-refractivity contribution in [3.63, 3.8) is 0 Å². The summed E-state index contributed by atoms with van der Waals surface area (Å²) in [7, 11) is 0. The molecule has 55 heavy (non-hydrogen) atoms. The zero-order valence-corrected chi connectivity index (χ0v) is 32.3. The van der Waals surface area contributed by atoms with Crippen LogP contribution in [0.4, 0.5) is 52.7 Å². The molecule has 0 spiro atoms. The van der Waals surface area contributed by atoms with Crippen LogP contribution in [-0.2, 0) is 38.1 Å². The highest BCUT2D eigenvalue weighted by atomic mass is 19.4. The van der Waals surface area contributed by atoms with Crippen LogP contribution in [0.3, 0.4) is 0 Å². The topological polar surface area (TPSA) is 125 Å². The molecule has 0 saturated heterocycles. The summed E-state index contributed by atoms with van der Waals surface area (Å²) in [6.07, 6.45) is -36.2. The smallest absolute Gasteiger partial charge is 0.434 e. The van der Waals surface area contributed by atoms with Gasteiger partial charge in [-0.05, 0) is 59.3 Å². The quantitative estimate of drug-likeness (QED) is 0.0869. The largest absolute Gasteiger partial charge is 0.462 e. The molecule has 4 atom stereocenters. The highest BCUT2D eigenvalue weighted by molar-refractivity contribution is 5.83. The van der Waals surface area contributed by atoms with E-state index in [0.29, 0.717) is 0 Å². The second-order valence-electron chi connectivity index (χ2n) is 16.2. The molecular formula is C34H50F12O9. The summed E-state index contributed by atoms with van der Waals surface area (Å²) in [5, 5.41) is 9.82. The van der Waals surface area contributed by atoms with Gasteiger partial charge < -0.3 is 24.1 Å². The lowest BCUT2D eigenvalue weighted by molar-refractivity contribution is -0.374. The van der Waals surface area contributed by atoms with Gasteiger partial charge in [0, 0.05) is 11.8 Å². The lowest BCUT2D eigenvalue weighted by Crippen LogP contribution is -2.59. The van der Waals surface area contributed by atoms with Crippen molar-refractivity contribution in [2.24, 2.45) is 28.1 Å². The second kappa shape index (κ2) is 17.6. The van der Waals surface area contributed by atoms with Crippen molar-refractivity contribution in [3.05, 3.63) is 0 Å². The van der Waals surface area contributed by atoms with Crippen molar-refractivity contribution >= 4 is 23.9 Å². The molecule has 0 aromatic heterocycles. The number of ether oxygens (including phenoxy) is 4. The maximum absolute atomic E-state index is 13.7. The molecule has 21 heteroatoms. The Hall–Kier alpha value is -3.00. The molecule has 0 aliphatic carbocycles. The molecule has 324 valence electrons. The SMILES string of the molecule is CCC(C)(CC(C)(CC(C)C(=O)OC(C)(C)C(C)(C)C)C(=O)OCC(=O)OC(C(F)(F)F)C(F)(F)F)C(=O)OC(CC(C)C)CC(O)(C(F)(F)F)C(F)(F)F. The fraction of sp³-hybridized carbons (Fsp3) is 0.882. The van der Waals surface area contributed by atoms with Crippen LogP contribution in [0.1, 0.15) is 108 Å². The lowest BCUT2D eigenvalue weighted by atomic mass is 9.68. The van der Waals surface area contributed by atoms with Gasteiger partial charge in [-0.25, -0.2) is 4.79 Å². The van der Waals surface area contributed by atoms with Crippen LogP contribution in [0.25, 0.3) is 0 Å². The van der Waals surface area contributed by atoms with Crippen molar-refractivity contribution in [2.45, 2.75) is 156 Å². The van der Waals surface area contributed by atoms with Crippen LogP contribution in [0.5, 0.6) is 0 Å². The van der Waals surface area contributed by atoms with Crippen LogP contribution in [0, 0.1) is 28.1 Å². The minimum atomic E-state index is -6.27. The summed E-state index contributed by atoms with van der Waals surface area (Å²) in [5.41, 5.74) is -11.4. The molecule has 0 heterocycles. The van der Waals surface area contributed by atoms with E-state index >= 15 is 0 Å². The molecule has 0 aliphatic heterocycles. The van der Waals surface area contributed by atoms with Gasteiger partial charge in [-0.1, -0.05) is 48.5 Å². The van der Waals surface area contributed by atoms with E-state index in [4.69, 9.17) is 14.2 Å². The first kappa shape index (κ1) is 52.0. The molecular weight excluding hydrogens is 780 g/mol. The number of rotatable bonds is 17. The molecule has 0 aliphatic rings. The molecule has 4 unspecified atom stereocenters. The average Bonchev–Trinajstić information content (AvgIpc) is 2.94. The van der Waals surface area contributed by atoms with Crippen molar-refractivity contribution in [1.82, 2.24) is 0 Å². The van der Waals surface area contributed by atoms with Gasteiger partial charge in [0.15, 0.2) is 6.61 Å². The Bertz CT molecular complexity index is 1300. The Labute approximate surface area is 311 Å². The molecule has 0 aromatic carbocycles. The van der Waals surface area contributed by atoms with Crippen LogP contribution in [0.2, 0.25) is 0 Å². The average molecular weight is 831 g/mol. The molecule has 0 saturated carbocycles. The van der Waals surface area contributed by atoms with Crippen LogP contribution in [-0.4, -0.2) is 83.7 Å². The Morgan fingerprint density at radius 2 is 1.11 bits per heavy atom. The second-order valence-corrected chi connectivity index (χ2v) is 16.2. The van der Waals surface area contributed by atoms with Crippen LogP contribution in [0.15, 0.2) is 0 Å². The van der Waals surface area contributed by atoms with Gasteiger partial charge in [-0.2, -0.15) is 52.7 Å². The van der Waals surface area contributed by atoms with E-state index < -0.39 is 132 Å². The first-order valence-corrected chi connectivity index (χ1v) is 16.9. The van der Waals surface area contributed by atoms with E-state index in [1.807, 2.05) is 0 Å². The predicted octanol–water partition coefficient (Wildman–Crippen LogP) is 8.98. The molecule has 0 fully saturated rings. The number of hydrogen-bond acceptors (Lipinski definition) is 9. The van der Waals surface area contributed by atoms with E-state index in [1.165, 1.54) is 27.7 Å². The lowest BCUT2D eigenvalue weighted by Gasteiger charge is -2.40. The van der Waals surface area contributed by atoms with E-state index in [-0.39, 0.29) is 6.42 Å². The molecule has 9 nitrogen and oxygen atoms in total. The number of carbonyl (C=O) groups excluding carboxylic acids is 4. The van der Waals surface area contributed by atoms with Crippen LogP contribution < -0.4 is 0 Å². The molecule has 0 aromatic rings. The summed E-state index contributed by atoms with van der Waals surface area (Å²) >= 11 is 0. The van der Waals surface area contributed by atoms with Gasteiger partial charge >= 0.3 is 48.6 Å². The molecule has 0 amide bonds. The first-order valence-electron chi connectivity index (χ1n) is 16.9. The van der Waals surface area contributed by atoms with Crippen molar-refractivity contribution in [3.8, 4) is 0 Å². The number of carbonyl (C=O) groups is 4. The van der Waals surface area contributed by atoms with Gasteiger partial charge in [-0.3, -0.25) is 14.4 Å². The van der Waals surface area contributed by atoms with E-state index in [9.17, 15) is 77.0 Å². The van der Waals surface area contributed by atoms with Gasteiger partial charge in [0.25, 0.3) is 11.7 Å². The van der Waals surface area contributed by atoms with E-state index in [1.54, 1.807) is 34.6 Å². The normalized spacial score (nSPS) is 17.2. The van der Waals surface area contributed by atoms with Crippen molar-refractivity contribution in [2.75, 3.05) is 6.61 Å². The Kier molecular flexibility index (Phi) is 16.7. The minimum absolute atomic E-state index is 0.372. The Morgan fingerprint density at radius 3 is 1.47 bits per heavy atom. The summed E-state index contributed by atoms with van der Waals surface area (Å²) in [4.78, 5) is 52.5. The molecule has 0 rings (SSSR count). The first-order chi connectivity index (χ1) is 24.1.